The van der Waals surface area contributed by atoms with Crippen LogP contribution >= 0.6 is 0 Å². The summed E-state index contributed by atoms with van der Waals surface area (Å²) in [6, 6.07) is 11.8. The molecule has 0 amide bonds. The molecule has 0 aliphatic heterocycles. The molecule has 0 heterocycles. The summed E-state index contributed by atoms with van der Waals surface area (Å²) < 4.78 is 31.0. The van der Waals surface area contributed by atoms with E-state index in [0.717, 1.165) is 5.39 Å². The van der Waals surface area contributed by atoms with Crippen molar-refractivity contribution < 1.29 is 13.0 Å². The Morgan fingerprint density at radius 2 is 1.53 bits per heavy atom. The second kappa shape index (κ2) is 4.56. The van der Waals surface area contributed by atoms with Crippen LogP contribution in [-0.2, 0) is 10.1 Å². The molecule has 77 valence electrons. The SMILES string of the molecule is O=S(=O)(O)c1cccc2ccccc12.[Bi]. The molecule has 0 spiro atoms. The Labute approximate surface area is 107 Å². The van der Waals surface area contributed by atoms with E-state index in [-0.39, 0.29) is 31.1 Å². The average Bonchev–Trinajstić information content (AvgIpc) is 2.15. The van der Waals surface area contributed by atoms with Crippen molar-refractivity contribution in [2.75, 3.05) is 0 Å². The van der Waals surface area contributed by atoms with Crippen molar-refractivity contribution >= 4 is 47.1 Å². The van der Waals surface area contributed by atoms with Crippen molar-refractivity contribution in [3.63, 3.8) is 0 Å². The monoisotopic (exact) mass is 417 g/mol. The smallest absolute Gasteiger partial charge is 0.282 e. The van der Waals surface area contributed by atoms with Gasteiger partial charge in [-0.2, -0.15) is 8.42 Å². The van der Waals surface area contributed by atoms with Gasteiger partial charge in [-0.15, -0.1) is 0 Å². The number of benzene rings is 2. The molecule has 15 heavy (non-hydrogen) atoms. The van der Waals surface area contributed by atoms with E-state index in [9.17, 15) is 8.42 Å². The standard InChI is InChI=1S/C10H8O3S.Bi/c11-14(12,13)10-7-3-5-8-4-1-2-6-9(8)10;/h1-7H,(H,11,12,13);. The van der Waals surface area contributed by atoms with E-state index in [2.05, 4.69) is 0 Å². The first-order valence-electron chi connectivity index (χ1n) is 4.04. The van der Waals surface area contributed by atoms with Gasteiger partial charge in [0.15, 0.2) is 0 Å². The zero-order chi connectivity index (χ0) is 10.2. The van der Waals surface area contributed by atoms with Crippen molar-refractivity contribution in [2.45, 2.75) is 4.90 Å². The Balaban J connectivity index is 0.00000112. The fourth-order valence-electron chi connectivity index (χ4n) is 1.42. The second-order valence-corrected chi connectivity index (χ2v) is 4.34. The van der Waals surface area contributed by atoms with Gasteiger partial charge in [-0.25, -0.2) is 0 Å². The normalized spacial score (nSPS) is 11.0. The predicted octanol–water partition coefficient (Wildman–Crippen LogP) is 1.71. The third-order valence-electron chi connectivity index (χ3n) is 2.03. The zero-order valence-corrected chi connectivity index (χ0v) is 12.0. The van der Waals surface area contributed by atoms with Crippen molar-refractivity contribution in [3.8, 4) is 0 Å². The summed E-state index contributed by atoms with van der Waals surface area (Å²) in [6.07, 6.45) is 0. The Hall–Kier alpha value is -0.507. The van der Waals surface area contributed by atoms with E-state index in [0.29, 0.717) is 5.39 Å². The molecule has 0 unspecified atom stereocenters. The molecule has 3 nitrogen and oxygen atoms in total. The van der Waals surface area contributed by atoms with Gasteiger partial charge in [0.25, 0.3) is 10.1 Å². The van der Waals surface area contributed by atoms with Gasteiger partial charge in [-0.3, -0.25) is 4.55 Å². The summed E-state index contributed by atoms with van der Waals surface area (Å²) in [5, 5.41) is 1.33. The minimum atomic E-state index is -4.13. The Morgan fingerprint density at radius 1 is 0.933 bits per heavy atom. The third-order valence-corrected chi connectivity index (χ3v) is 2.94. The first-order valence-corrected chi connectivity index (χ1v) is 5.48. The van der Waals surface area contributed by atoms with Gasteiger partial charge in [0.05, 0.1) is 0 Å². The molecule has 0 aliphatic carbocycles. The Kier molecular flexibility index (Phi) is 3.82. The van der Waals surface area contributed by atoms with Crippen LogP contribution in [0.1, 0.15) is 0 Å². The van der Waals surface area contributed by atoms with Crippen LogP contribution in [-0.4, -0.2) is 39.2 Å². The van der Waals surface area contributed by atoms with E-state index >= 15 is 0 Å². The van der Waals surface area contributed by atoms with Gasteiger partial charge < -0.3 is 0 Å². The van der Waals surface area contributed by atoms with E-state index in [1.807, 2.05) is 6.07 Å². The van der Waals surface area contributed by atoms with E-state index in [1.54, 1.807) is 30.3 Å². The number of hydrogen-bond donors (Lipinski definition) is 1. The molecular weight excluding hydrogens is 409 g/mol. The van der Waals surface area contributed by atoms with Crippen LogP contribution in [0.3, 0.4) is 0 Å². The Bertz CT molecular complexity index is 573. The zero-order valence-electron chi connectivity index (χ0n) is 7.66. The molecule has 3 radical (unpaired) electrons. The minimum absolute atomic E-state index is 0. The van der Waals surface area contributed by atoms with Crippen LogP contribution in [0.4, 0.5) is 0 Å². The van der Waals surface area contributed by atoms with Gasteiger partial charge in [0.1, 0.15) is 4.90 Å². The van der Waals surface area contributed by atoms with Gasteiger partial charge in [0.2, 0.25) is 0 Å². The summed E-state index contributed by atoms with van der Waals surface area (Å²) in [7, 11) is -4.13. The van der Waals surface area contributed by atoms with Gasteiger partial charge in [0, 0.05) is 31.6 Å². The Morgan fingerprint density at radius 3 is 2.20 bits per heavy atom. The fourth-order valence-corrected chi connectivity index (χ4v) is 2.13. The largest absolute Gasteiger partial charge is 0.295 e. The van der Waals surface area contributed by atoms with Crippen molar-refractivity contribution in [2.24, 2.45) is 0 Å². The summed E-state index contributed by atoms with van der Waals surface area (Å²) in [5.74, 6) is 0. The van der Waals surface area contributed by atoms with Gasteiger partial charge in [-0.1, -0.05) is 36.4 Å². The van der Waals surface area contributed by atoms with Crippen LogP contribution in [0.15, 0.2) is 47.4 Å². The topological polar surface area (TPSA) is 54.4 Å². The molecule has 2 aromatic carbocycles. The molecule has 0 aliphatic rings. The number of fused-ring (bicyclic) bond motifs is 1. The van der Waals surface area contributed by atoms with Crippen molar-refractivity contribution in [1.82, 2.24) is 0 Å². The van der Waals surface area contributed by atoms with E-state index < -0.39 is 10.1 Å². The molecule has 5 heteroatoms. The van der Waals surface area contributed by atoms with Crippen molar-refractivity contribution in [3.05, 3.63) is 42.5 Å². The summed E-state index contributed by atoms with van der Waals surface area (Å²) >= 11 is 0. The average molecular weight is 417 g/mol. The molecule has 0 aromatic heterocycles. The molecule has 0 saturated heterocycles. The van der Waals surface area contributed by atoms with Crippen LogP contribution in [0, 0.1) is 0 Å². The summed E-state index contributed by atoms with van der Waals surface area (Å²) in [6.45, 7) is 0. The van der Waals surface area contributed by atoms with Crippen LogP contribution < -0.4 is 0 Å². The van der Waals surface area contributed by atoms with E-state index in [4.69, 9.17) is 4.55 Å². The number of hydrogen-bond acceptors (Lipinski definition) is 2. The molecule has 0 atom stereocenters. The van der Waals surface area contributed by atoms with Gasteiger partial charge >= 0.3 is 0 Å². The first-order chi connectivity index (χ1) is 6.59. The maximum atomic E-state index is 11.0. The summed E-state index contributed by atoms with van der Waals surface area (Å²) in [5.41, 5.74) is 0. The molecule has 1 N–H and O–H groups in total. The molecule has 0 fully saturated rings. The maximum absolute atomic E-state index is 11.0. The molecule has 2 aromatic rings. The van der Waals surface area contributed by atoms with E-state index in [1.165, 1.54) is 6.07 Å². The maximum Gasteiger partial charge on any atom is 0.295 e. The van der Waals surface area contributed by atoms with Gasteiger partial charge in [-0.05, 0) is 11.5 Å². The molecule has 0 saturated carbocycles. The van der Waals surface area contributed by atoms with Crippen LogP contribution in [0.5, 0.6) is 0 Å². The quantitative estimate of drug-likeness (QED) is 0.568. The van der Waals surface area contributed by atoms with Crippen LogP contribution in [0.2, 0.25) is 0 Å². The molecule has 0 bridgehead atoms. The second-order valence-electron chi connectivity index (χ2n) is 2.95. The fraction of sp³-hybridized carbons (Fsp3) is 0. The predicted molar refractivity (Wildman–Crippen MR) is 59.5 cm³/mol. The molecule has 2 rings (SSSR count). The van der Waals surface area contributed by atoms with Crippen molar-refractivity contribution in [1.29, 1.82) is 0 Å². The molecular formula is C10H8BiO3S. The minimum Gasteiger partial charge on any atom is -0.282 e. The third kappa shape index (κ3) is 2.54. The summed E-state index contributed by atoms with van der Waals surface area (Å²) in [4.78, 5) is -0.0457. The first kappa shape index (κ1) is 12.6. The van der Waals surface area contributed by atoms with Crippen LogP contribution in [0.25, 0.3) is 10.8 Å². The number of rotatable bonds is 1.